The van der Waals surface area contributed by atoms with Gasteiger partial charge in [-0.2, -0.15) is 0 Å². The maximum absolute atomic E-state index is 9.96. The summed E-state index contributed by atoms with van der Waals surface area (Å²) in [6.07, 6.45) is 1.42. The Kier molecular flexibility index (Phi) is 4.12. The molecule has 0 saturated carbocycles. The van der Waals surface area contributed by atoms with Crippen LogP contribution in [0, 0.1) is 0 Å². The zero-order valence-corrected chi connectivity index (χ0v) is 8.73. The molecule has 0 amide bonds. The molecule has 0 atom stereocenters. The molecular weight excluding hydrogens is 250 g/mol. The first kappa shape index (κ1) is 10.7. The first-order valence-corrected chi connectivity index (χ1v) is 4.59. The maximum atomic E-state index is 9.96. The number of carboxylic acid groups (broad SMARTS) is 1. The number of halogens is 1. The SMILES string of the molecule is O=C([O-])CO/N=C\c1ccccc1Br. The van der Waals surface area contributed by atoms with Crippen molar-refractivity contribution in [3.8, 4) is 0 Å². The summed E-state index contributed by atoms with van der Waals surface area (Å²) in [7, 11) is 0. The topological polar surface area (TPSA) is 61.7 Å². The molecule has 0 aliphatic rings. The Hall–Kier alpha value is -1.36. The fraction of sp³-hybridized carbons (Fsp3) is 0.111. The number of benzene rings is 1. The molecule has 0 bridgehead atoms. The van der Waals surface area contributed by atoms with Crippen LogP contribution in [-0.4, -0.2) is 18.8 Å². The molecule has 5 heteroatoms. The van der Waals surface area contributed by atoms with Gasteiger partial charge in [-0.1, -0.05) is 39.3 Å². The highest BCUT2D eigenvalue weighted by molar-refractivity contribution is 9.10. The molecule has 0 radical (unpaired) electrons. The first-order valence-electron chi connectivity index (χ1n) is 3.80. The van der Waals surface area contributed by atoms with Crippen molar-refractivity contribution in [2.75, 3.05) is 6.61 Å². The van der Waals surface area contributed by atoms with Crippen LogP contribution in [0.25, 0.3) is 0 Å². The zero-order chi connectivity index (χ0) is 10.4. The maximum Gasteiger partial charge on any atom is 0.156 e. The highest BCUT2D eigenvalue weighted by Crippen LogP contribution is 2.13. The van der Waals surface area contributed by atoms with E-state index in [9.17, 15) is 9.90 Å². The van der Waals surface area contributed by atoms with E-state index in [2.05, 4.69) is 25.9 Å². The van der Waals surface area contributed by atoms with Gasteiger partial charge >= 0.3 is 0 Å². The van der Waals surface area contributed by atoms with Crippen LogP contribution in [0.2, 0.25) is 0 Å². The monoisotopic (exact) mass is 256 g/mol. The smallest absolute Gasteiger partial charge is 0.156 e. The van der Waals surface area contributed by atoms with Gasteiger partial charge in [-0.25, -0.2) is 0 Å². The van der Waals surface area contributed by atoms with Crippen molar-refractivity contribution in [3.63, 3.8) is 0 Å². The second-order valence-corrected chi connectivity index (χ2v) is 3.26. The fourth-order valence-electron chi connectivity index (χ4n) is 0.764. The molecule has 1 aromatic rings. The zero-order valence-electron chi connectivity index (χ0n) is 7.14. The molecule has 0 saturated heterocycles. The van der Waals surface area contributed by atoms with Crippen molar-refractivity contribution in [2.24, 2.45) is 5.16 Å². The molecule has 0 aliphatic heterocycles. The molecule has 74 valence electrons. The summed E-state index contributed by atoms with van der Waals surface area (Å²) in [5, 5.41) is 13.4. The predicted molar refractivity (Wildman–Crippen MR) is 52.7 cm³/mol. The van der Waals surface area contributed by atoms with Gasteiger partial charge in [-0.05, 0) is 6.07 Å². The normalized spacial score (nSPS) is 10.4. The van der Waals surface area contributed by atoms with Crippen LogP contribution < -0.4 is 5.11 Å². The number of nitrogens with zero attached hydrogens (tertiary/aromatic N) is 1. The lowest BCUT2D eigenvalue weighted by Crippen LogP contribution is -2.26. The number of hydrogen-bond donors (Lipinski definition) is 0. The van der Waals surface area contributed by atoms with Crippen molar-refractivity contribution in [3.05, 3.63) is 34.3 Å². The standard InChI is InChI=1S/C9H8BrNO3/c10-8-4-2-1-3-7(8)5-11-14-6-9(12)13/h1-5H,6H2,(H,12,13)/p-1/b11-5-. The molecule has 1 aromatic carbocycles. The minimum atomic E-state index is -1.30. The van der Waals surface area contributed by atoms with Crippen molar-refractivity contribution in [1.82, 2.24) is 0 Å². The third-order valence-corrected chi connectivity index (χ3v) is 2.08. The third-order valence-electron chi connectivity index (χ3n) is 1.35. The van der Waals surface area contributed by atoms with Gasteiger partial charge in [-0.3, -0.25) is 0 Å². The van der Waals surface area contributed by atoms with Crippen LogP contribution in [0.5, 0.6) is 0 Å². The van der Waals surface area contributed by atoms with Gasteiger partial charge in [0, 0.05) is 10.0 Å². The van der Waals surface area contributed by atoms with Crippen LogP contribution in [-0.2, 0) is 9.63 Å². The van der Waals surface area contributed by atoms with Gasteiger partial charge in [0.15, 0.2) is 6.61 Å². The van der Waals surface area contributed by atoms with Gasteiger partial charge < -0.3 is 14.7 Å². The summed E-state index contributed by atoms with van der Waals surface area (Å²) in [5.74, 6) is -1.30. The number of carboxylic acids is 1. The minimum Gasteiger partial charge on any atom is -0.546 e. The van der Waals surface area contributed by atoms with Gasteiger partial charge in [0.05, 0.1) is 12.2 Å². The van der Waals surface area contributed by atoms with Gasteiger partial charge in [0.1, 0.15) is 0 Å². The first-order chi connectivity index (χ1) is 6.70. The number of rotatable bonds is 4. The summed E-state index contributed by atoms with van der Waals surface area (Å²) in [5.41, 5.74) is 0.811. The Morgan fingerprint density at radius 3 is 2.93 bits per heavy atom. The third kappa shape index (κ3) is 3.57. The van der Waals surface area contributed by atoms with E-state index in [1.807, 2.05) is 24.3 Å². The van der Waals surface area contributed by atoms with Crippen LogP contribution >= 0.6 is 15.9 Å². The molecule has 14 heavy (non-hydrogen) atoms. The predicted octanol–water partition coefficient (Wildman–Crippen LogP) is 0.549. The molecule has 1 rings (SSSR count). The Morgan fingerprint density at radius 2 is 2.29 bits per heavy atom. The second kappa shape index (κ2) is 5.39. The average molecular weight is 257 g/mol. The Bertz CT molecular complexity index is 352. The van der Waals surface area contributed by atoms with E-state index >= 15 is 0 Å². The van der Waals surface area contributed by atoms with E-state index in [0.29, 0.717) is 0 Å². The lowest BCUT2D eigenvalue weighted by Gasteiger charge is -1.99. The van der Waals surface area contributed by atoms with E-state index in [4.69, 9.17) is 0 Å². The highest BCUT2D eigenvalue weighted by Gasteiger charge is 1.93. The van der Waals surface area contributed by atoms with Crippen molar-refractivity contribution in [2.45, 2.75) is 0 Å². The van der Waals surface area contributed by atoms with Crippen molar-refractivity contribution in [1.29, 1.82) is 0 Å². The summed E-state index contributed by atoms with van der Waals surface area (Å²) in [4.78, 5) is 14.4. The van der Waals surface area contributed by atoms with Gasteiger partial charge in [-0.15, -0.1) is 0 Å². The van der Waals surface area contributed by atoms with Crippen LogP contribution in [0.3, 0.4) is 0 Å². The number of hydrogen-bond acceptors (Lipinski definition) is 4. The molecular formula is C9H7BrNO3-. The Morgan fingerprint density at radius 1 is 1.57 bits per heavy atom. The molecule has 0 unspecified atom stereocenters. The Labute approximate surface area is 89.3 Å². The average Bonchev–Trinajstić information content (AvgIpc) is 2.15. The minimum absolute atomic E-state index is 0.541. The van der Waals surface area contributed by atoms with Crippen LogP contribution in [0.4, 0.5) is 0 Å². The summed E-state index contributed by atoms with van der Waals surface area (Å²) < 4.78 is 0.862. The molecule has 0 aromatic heterocycles. The summed E-state index contributed by atoms with van der Waals surface area (Å²) in [6.45, 7) is -0.541. The van der Waals surface area contributed by atoms with Crippen molar-refractivity contribution < 1.29 is 14.7 Å². The molecule has 0 heterocycles. The van der Waals surface area contributed by atoms with Gasteiger partial charge in [0.25, 0.3) is 0 Å². The van der Waals surface area contributed by atoms with Crippen LogP contribution in [0.15, 0.2) is 33.9 Å². The Balaban J connectivity index is 2.52. The lowest BCUT2D eigenvalue weighted by atomic mass is 10.2. The lowest BCUT2D eigenvalue weighted by molar-refractivity contribution is -0.309. The molecule has 0 spiro atoms. The van der Waals surface area contributed by atoms with E-state index in [0.717, 1.165) is 10.0 Å². The van der Waals surface area contributed by atoms with Crippen LogP contribution in [0.1, 0.15) is 5.56 Å². The number of carbonyl (C=O) groups excluding carboxylic acids is 1. The van der Waals surface area contributed by atoms with E-state index in [1.165, 1.54) is 6.21 Å². The van der Waals surface area contributed by atoms with E-state index in [-0.39, 0.29) is 0 Å². The van der Waals surface area contributed by atoms with Crippen molar-refractivity contribution >= 4 is 28.1 Å². The van der Waals surface area contributed by atoms with E-state index < -0.39 is 12.6 Å². The van der Waals surface area contributed by atoms with E-state index in [1.54, 1.807) is 0 Å². The van der Waals surface area contributed by atoms with Gasteiger partial charge in [0.2, 0.25) is 0 Å². The molecule has 0 fully saturated rings. The second-order valence-electron chi connectivity index (χ2n) is 2.40. The highest BCUT2D eigenvalue weighted by atomic mass is 79.9. The molecule has 0 aliphatic carbocycles. The fourth-order valence-corrected chi connectivity index (χ4v) is 1.15. The number of oxime groups is 1. The largest absolute Gasteiger partial charge is 0.546 e. The molecule has 4 nitrogen and oxygen atoms in total. The summed E-state index contributed by atoms with van der Waals surface area (Å²) in [6, 6.07) is 7.37. The molecule has 0 N–H and O–H groups in total. The number of carbonyl (C=O) groups is 1. The summed E-state index contributed by atoms with van der Waals surface area (Å²) >= 11 is 3.30. The number of aliphatic carboxylic acids is 1. The quantitative estimate of drug-likeness (QED) is 0.584.